The zero-order chi connectivity index (χ0) is 18.6. The number of amides is 1. The normalized spacial score (nSPS) is 20.9. The van der Waals surface area contributed by atoms with Crippen LogP contribution >= 0.6 is 0 Å². The van der Waals surface area contributed by atoms with Crippen molar-refractivity contribution in [2.45, 2.75) is 39.2 Å². The molecule has 8 nitrogen and oxygen atoms in total. The highest BCUT2D eigenvalue weighted by molar-refractivity contribution is 5.65. The molecule has 0 aromatic carbocycles. The molecule has 0 aliphatic carbocycles. The molecule has 8 heteroatoms. The van der Waals surface area contributed by atoms with Gasteiger partial charge in [0, 0.05) is 38.3 Å². The van der Waals surface area contributed by atoms with Crippen molar-refractivity contribution in [3.63, 3.8) is 0 Å². The zero-order valence-electron chi connectivity index (χ0n) is 15.3. The Hall–Kier alpha value is -2.22. The second-order valence-corrected chi connectivity index (χ2v) is 7.69. The lowest BCUT2D eigenvalue weighted by Crippen LogP contribution is -2.42. The molecule has 0 spiro atoms. The number of hydrogen-bond acceptors (Lipinski definition) is 6. The summed E-state index contributed by atoms with van der Waals surface area (Å²) >= 11 is 0. The van der Waals surface area contributed by atoms with Crippen molar-refractivity contribution in [2.75, 3.05) is 37.0 Å². The number of nitrogens with one attached hydrogen (secondary N) is 1. The number of hydrogen-bond donors (Lipinski definition) is 2. The van der Waals surface area contributed by atoms with Crippen molar-refractivity contribution < 1.29 is 9.90 Å². The molecular formula is C17H27N5O3. The van der Waals surface area contributed by atoms with Gasteiger partial charge in [-0.15, -0.1) is 4.91 Å². The summed E-state index contributed by atoms with van der Waals surface area (Å²) in [6, 6.07) is 3.72. The third kappa shape index (κ3) is 4.88. The second kappa shape index (κ2) is 7.77. The summed E-state index contributed by atoms with van der Waals surface area (Å²) in [7, 11) is 1.55. The Morgan fingerprint density at radius 2 is 2.20 bits per heavy atom. The van der Waals surface area contributed by atoms with E-state index in [9.17, 15) is 14.8 Å². The molecule has 0 radical (unpaired) electrons. The van der Waals surface area contributed by atoms with Crippen LogP contribution in [0.4, 0.5) is 11.5 Å². The zero-order valence-corrected chi connectivity index (χ0v) is 15.3. The van der Waals surface area contributed by atoms with E-state index in [1.165, 1.54) is 5.01 Å². The maximum atomic E-state index is 11.0. The van der Waals surface area contributed by atoms with Crippen molar-refractivity contribution in [1.82, 2.24) is 9.88 Å². The van der Waals surface area contributed by atoms with Gasteiger partial charge in [-0.05, 0) is 24.0 Å². The van der Waals surface area contributed by atoms with Crippen LogP contribution in [0.1, 0.15) is 38.8 Å². The molecule has 1 aromatic heterocycles. The topological polar surface area (TPSA) is 98.1 Å². The first-order chi connectivity index (χ1) is 11.7. The summed E-state index contributed by atoms with van der Waals surface area (Å²) in [5.41, 5.74) is 1.49. The molecule has 1 aromatic rings. The van der Waals surface area contributed by atoms with Gasteiger partial charge in [-0.3, -0.25) is 4.79 Å². The van der Waals surface area contributed by atoms with Crippen molar-refractivity contribution in [1.29, 1.82) is 0 Å². The first-order valence-electron chi connectivity index (χ1n) is 8.44. The van der Waals surface area contributed by atoms with Gasteiger partial charge in [0.2, 0.25) is 6.41 Å². The maximum absolute atomic E-state index is 11.0. The van der Waals surface area contributed by atoms with Crippen molar-refractivity contribution in [3.05, 3.63) is 22.7 Å². The molecule has 1 aliphatic rings. The number of carbonyl (C=O) groups excluding carboxylic acids is 1. The van der Waals surface area contributed by atoms with Crippen LogP contribution in [0.15, 0.2) is 17.4 Å². The number of rotatable bonds is 6. The average Bonchev–Trinajstić information content (AvgIpc) is 2.58. The standard InChI is InChI=1S/C17H27N5O3/c1-17(2,3)10-18-14-6-5-13(19-16(14)21(4)20-25)12-7-8-22(11-23)9-15(12)24/h5-6,11-12,15,18,24H,7-10H2,1-4H3. The van der Waals surface area contributed by atoms with E-state index in [-0.39, 0.29) is 17.9 Å². The summed E-state index contributed by atoms with van der Waals surface area (Å²) in [6.45, 7) is 7.92. The molecule has 1 saturated heterocycles. The highest BCUT2D eigenvalue weighted by Crippen LogP contribution is 2.32. The highest BCUT2D eigenvalue weighted by atomic mass is 16.3. The minimum atomic E-state index is -0.679. The van der Waals surface area contributed by atoms with Gasteiger partial charge < -0.3 is 15.3 Å². The number of β-amino-alcohol motifs (C(OH)–C–C–N with tert-alkyl or cyclic N) is 1. The molecule has 2 atom stereocenters. The Morgan fingerprint density at radius 1 is 1.48 bits per heavy atom. The minimum Gasteiger partial charge on any atom is -0.391 e. The van der Waals surface area contributed by atoms with E-state index in [4.69, 9.17) is 0 Å². The van der Waals surface area contributed by atoms with Crippen LogP contribution in [-0.2, 0) is 4.79 Å². The van der Waals surface area contributed by atoms with Crippen LogP contribution in [0.5, 0.6) is 0 Å². The number of aliphatic hydroxyl groups is 1. The first-order valence-corrected chi connectivity index (χ1v) is 8.44. The van der Waals surface area contributed by atoms with E-state index < -0.39 is 6.10 Å². The number of carbonyl (C=O) groups is 1. The van der Waals surface area contributed by atoms with Crippen LogP contribution in [0.25, 0.3) is 0 Å². The molecule has 2 heterocycles. The predicted octanol–water partition coefficient (Wildman–Crippen LogP) is 1.96. The Kier molecular flexibility index (Phi) is 5.94. The van der Waals surface area contributed by atoms with Crippen molar-refractivity contribution >= 4 is 17.9 Å². The maximum Gasteiger partial charge on any atom is 0.209 e. The number of anilines is 2. The fraction of sp³-hybridized carbons (Fsp3) is 0.647. The van der Waals surface area contributed by atoms with Gasteiger partial charge in [-0.2, -0.15) is 0 Å². The highest BCUT2D eigenvalue weighted by Gasteiger charge is 2.30. The van der Waals surface area contributed by atoms with Gasteiger partial charge in [0.15, 0.2) is 5.82 Å². The SMILES string of the molecule is CN(N=O)c1nc(C2CCN(C=O)CC2O)ccc1NCC(C)(C)C. The number of aliphatic hydroxyl groups excluding tert-OH is 1. The van der Waals surface area contributed by atoms with Crippen LogP contribution in [-0.4, -0.2) is 54.2 Å². The molecule has 0 saturated carbocycles. The minimum absolute atomic E-state index is 0.0704. The van der Waals surface area contributed by atoms with E-state index in [2.05, 4.69) is 36.4 Å². The summed E-state index contributed by atoms with van der Waals surface area (Å²) in [5, 5.41) is 17.8. The molecule has 1 amide bonds. The number of pyridine rings is 1. The van der Waals surface area contributed by atoms with E-state index >= 15 is 0 Å². The smallest absolute Gasteiger partial charge is 0.209 e. The first kappa shape index (κ1) is 19.1. The number of piperidine rings is 1. The lowest BCUT2D eigenvalue weighted by Gasteiger charge is -2.33. The van der Waals surface area contributed by atoms with Gasteiger partial charge in [-0.1, -0.05) is 20.8 Å². The van der Waals surface area contributed by atoms with E-state index in [1.54, 1.807) is 11.9 Å². The van der Waals surface area contributed by atoms with E-state index in [0.717, 1.165) is 12.1 Å². The van der Waals surface area contributed by atoms with Gasteiger partial charge in [0.25, 0.3) is 0 Å². The van der Waals surface area contributed by atoms with Crippen molar-refractivity contribution in [2.24, 2.45) is 10.7 Å². The van der Waals surface area contributed by atoms with Gasteiger partial charge in [-0.25, -0.2) is 9.99 Å². The molecule has 2 rings (SSSR count). The van der Waals surface area contributed by atoms with E-state index in [0.29, 0.717) is 31.0 Å². The van der Waals surface area contributed by atoms with Crippen LogP contribution < -0.4 is 10.3 Å². The van der Waals surface area contributed by atoms with Gasteiger partial charge >= 0.3 is 0 Å². The number of nitrogens with zero attached hydrogens (tertiary/aromatic N) is 4. The Balaban J connectivity index is 2.26. The molecule has 1 aliphatic heterocycles. The summed E-state index contributed by atoms with van der Waals surface area (Å²) in [4.78, 5) is 28.0. The fourth-order valence-corrected chi connectivity index (χ4v) is 2.85. The molecular weight excluding hydrogens is 322 g/mol. The lowest BCUT2D eigenvalue weighted by molar-refractivity contribution is -0.121. The molecule has 2 unspecified atom stereocenters. The molecule has 138 valence electrons. The van der Waals surface area contributed by atoms with Crippen molar-refractivity contribution in [3.8, 4) is 0 Å². The number of aromatic nitrogens is 1. The predicted molar refractivity (Wildman–Crippen MR) is 97.4 cm³/mol. The third-order valence-electron chi connectivity index (χ3n) is 4.28. The lowest BCUT2D eigenvalue weighted by atomic mass is 9.90. The van der Waals surface area contributed by atoms with Gasteiger partial charge in [0.05, 0.1) is 17.1 Å². The van der Waals surface area contributed by atoms with E-state index in [1.807, 2.05) is 12.1 Å². The fourth-order valence-electron chi connectivity index (χ4n) is 2.85. The summed E-state index contributed by atoms with van der Waals surface area (Å²) < 4.78 is 0. The molecule has 0 bridgehead atoms. The largest absolute Gasteiger partial charge is 0.391 e. The quantitative estimate of drug-likeness (QED) is 0.463. The molecule has 1 fully saturated rings. The number of nitroso groups, excluding NO2 is 1. The molecule has 2 N–H and O–H groups in total. The molecule has 25 heavy (non-hydrogen) atoms. The van der Waals surface area contributed by atoms with Crippen LogP contribution in [0, 0.1) is 10.3 Å². The van der Waals surface area contributed by atoms with Gasteiger partial charge in [0.1, 0.15) is 0 Å². The number of likely N-dealkylation sites (tertiary alicyclic amines) is 1. The average molecular weight is 349 g/mol. The van der Waals surface area contributed by atoms with Crippen LogP contribution in [0.2, 0.25) is 0 Å². The summed E-state index contributed by atoms with van der Waals surface area (Å²) in [6.07, 6.45) is 0.698. The second-order valence-electron chi connectivity index (χ2n) is 7.69. The Labute approximate surface area is 148 Å². The third-order valence-corrected chi connectivity index (χ3v) is 4.28. The summed E-state index contributed by atoms with van der Waals surface area (Å²) in [5.74, 6) is 0.258. The Morgan fingerprint density at radius 3 is 2.76 bits per heavy atom. The Bertz CT molecular complexity index is 617. The monoisotopic (exact) mass is 349 g/mol. The van der Waals surface area contributed by atoms with Crippen LogP contribution in [0.3, 0.4) is 0 Å².